The topological polar surface area (TPSA) is 47.1 Å². The number of anilines is 1. The molecule has 1 atom stereocenters. The molecule has 31 heavy (non-hydrogen) atoms. The van der Waals surface area contributed by atoms with Gasteiger partial charge in [0, 0.05) is 63.0 Å². The first-order valence-corrected chi connectivity index (χ1v) is 11.0. The number of amides is 2. The fraction of sp³-hybridized carbons (Fsp3) is 0.636. The molecule has 1 unspecified atom stereocenters. The van der Waals surface area contributed by atoms with E-state index in [-0.39, 0.29) is 17.2 Å². The van der Waals surface area contributed by atoms with Gasteiger partial charge >= 0.3 is 6.18 Å². The van der Waals surface area contributed by atoms with E-state index in [0.29, 0.717) is 38.5 Å². The number of alkyl halides is 3. The van der Waals surface area contributed by atoms with Gasteiger partial charge in [0.25, 0.3) is 5.91 Å². The fourth-order valence-corrected chi connectivity index (χ4v) is 4.89. The minimum atomic E-state index is -4.58. The normalized spacial score (nSPS) is 24.1. The van der Waals surface area contributed by atoms with E-state index >= 15 is 0 Å². The molecule has 0 spiro atoms. The second-order valence-corrected chi connectivity index (χ2v) is 8.80. The third-order valence-electron chi connectivity index (χ3n) is 6.59. The maximum Gasteiger partial charge on any atom is 0.416 e. The summed E-state index contributed by atoms with van der Waals surface area (Å²) >= 11 is 0. The lowest BCUT2D eigenvalue weighted by atomic mass is 10.0. The van der Waals surface area contributed by atoms with Crippen LogP contribution in [0, 0.1) is 0 Å². The van der Waals surface area contributed by atoms with Crippen LogP contribution in [-0.2, 0) is 11.0 Å². The van der Waals surface area contributed by atoms with E-state index in [9.17, 15) is 22.8 Å². The average Bonchev–Trinajstić information content (AvgIpc) is 3.18. The number of nitrogens with zero attached hydrogens (tertiary/aromatic N) is 4. The van der Waals surface area contributed by atoms with Gasteiger partial charge in [0.2, 0.25) is 5.91 Å². The van der Waals surface area contributed by atoms with Gasteiger partial charge in [-0.25, -0.2) is 0 Å². The molecule has 3 fully saturated rings. The van der Waals surface area contributed by atoms with Crippen LogP contribution in [0.4, 0.5) is 18.9 Å². The highest BCUT2D eigenvalue weighted by atomic mass is 19.4. The van der Waals surface area contributed by atoms with Crippen molar-refractivity contribution in [3.8, 4) is 0 Å². The third-order valence-corrected chi connectivity index (χ3v) is 6.59. The van der Waals surface area contributed by atoms with Crippen LogP contribution in [0.3, 0.4) is 0 Å². The van der Waals surface area contributed by atoms with Gasteiger partial charge in [0.05, 0.1) is 5.56 Å². The lowest BCUT2D eigenvalue weighted by Crippen LogP contribution is -2.55. The van der Waals surface area contributed by atoms with Gasteiger partial charge in [0.15, 0.2) is 0 Å². The summed E-state index contributed by atoms with van der Waals surface area (Å²) < 4.78 is 40.5. The SMILES string of the molecule is CN1CCCC(N2CCN(C(=O)c3cc(N4CCCC4=O)cc(C(F)(F)F)c3)CC2)C1. The standard InChI is InChI=1S/C22H29F3N4O2/c1-26-6-2-4-18(15-26)27-8-10-28(11-9-27)21(31)16-12-17(22(23,24)25)14-19(13-16)29-7-3-5-20(29)30/h12-14,18H,2-11,15H2,1H3. The molecule has 0 radical (unpaired) electrons. The highest BCUT2D eigenvalue weighted by Gasteiger charge is 2.35. The molecule has 0 bridgehead atoms. The largest absolute Gasteiger partial charge is 0.416 e. The van der Waals surface area contributed by atoms with Crippen LogP contribution in [0.15, 0.2) is 18.2 Å². The Balaban J connectivity index is 1.49. The fourth-order valence-electron chi connectivity index (χ4n) is 4.89. The summed E-state index contributed by atoms with van der Waals surface area (Å²) in [5, 5.41) is 0. The first-order chi connectivity index (χ1) is 14.7. The van der Waals surface area contributed by atoms with E-state index in [1.807, 2.05) is 0 Å². The molecule has 1 aromatic rings. The van der Waals surface area contributed by atoms with E-state index in [1.54, 1.807) is 4.90 Å². The minimum absolute atomic E-state index is 0.00428. The number of carbonyl (C=O) groups excluding carboxylic acids is 2. The number of piperazine rings is 1. The summed E-state index contributed by atoms with van der Waals surface area (Å²) in [6.45, 7) is 4.92. The van der Waals surface area contributed by atoms with Crippen molar-refractivity contribution in [1.82, 2.24) is 14.7 Å². The first-order valence-electron chi connectivity index (χ1n) is 11.0. The van der Waals surface area contributed by atoms with E-state index in [4.69, 9.17) is 0 Å². The number of likely N-dealkylation sites (N-methyl/N-ethyl adjacent to an activating group) is 1. The van der Waals surface area contributed by atoms with Crippen LogP contribution in [0.2, 0.25) is 0 Å². The Bertz CT molecular complexity index is 837. The number of likely N-dealkylation sites (tertiary alicyclic amines) is 1. The quantitative estimate of drug-likeness (QED) is 0.728. The molecule has 3 aliphatic heterocycles. The molecule has 170 valence electrons. The minimum Gasteiger partial charge on any atom is -0.336 e. The molecule has 0 aromatic heterocycles. The number of carbonyl (C=O) groups is 2. The zero-order valence-electron chi connectivity index (χ0n) is 17.8. The molecule has 0 saturated carbocycles. The maximum absolute atomic E-state index is 13.5. The second kappa shape index (κ2) is 8.78. The third kappa shape index (κ3) is 4.87. The van der Waals surface area contributed by atoms with Gasteiger partial charge in [-0.2, -0.15) is 13.2 Å². The summed E-state index contributed by atoms with van der Waals surface area (Å²) in [4.78, 5) is 32.8. The zero-order chi connectivity index (χ0) is 22.2. The maximum atomic E-state index is 13.5. The predicted molar refractivity (Wildman–Crippen MR) is 111 cm³/mol. The van der Waals surface area contributed by atoms with Crippen molar-refractivity contribution in [1.29, 1.82) is 0 Å². The molecule has 3 heterocycles. The van der Waals surface area contributed by atoms with Crippen molar-refractivity contribution in [2.75, 3.05) is 57.8 Å². The van der Waals surface area contributed by atoms with Crippen LogP contribution >= 0.6 is 0 Å². The van der Waals surface area contributed by atoms with Gasteiger partial charge in [-0.1, -0.05) is 0 Å². The molecular weight excluding hydrogens is 409 g/mol. The Morgan fingerprint density at radius 1 is 1.00 bits per heavy atom. The molecule has 9 heteroatoms. The van der Waals surface area contributed by atoms with Crippen LogP contribution in [0.5, 0.6) is 0 Å². The molecule has 2 amide bonds. The summed E-state index contributed by atoms with van der Waals surface area (Å²) in [5.41, 5.74) is -0.739. The molecule has 1 aromatic carbocycles. The van der Waals surface area contributed by atoms with Gasteiger partial charge in [-0.15, -0.1) is 0 Å². The van der Waals surface area contributed by atoms with Crippen molar-refractivity contribution >= 4 is 17.5 Å². The first kappa shape index (κ1) is 22.1. The molecule has 3 saturated heterocycles. The number of benzene rings is 1. The predicted octanol–water partition coefficient (Wildman–Crippen LogP) is 2.68. The van der Waals surface area contributed by atoms with Gasteiger partial charge < -0.3 is 14.7 Å². The summed E-state index contributed by atoms with van der Waals surface area (Å²) in [7, 11) is 2.11. The summed E-state index contributed by atoms with van der Waals surface area (Å²) in [5.74, 6) is -0.608. The van der Waals surface area contributed by atoms with Crippen molar-refractivity contribution in [3.63, 3.8) is 0 Å². The van der Waals surface area contributed by atoms with E-state index in [0.717, 1.165) is 51.2 Å². The monoisotopic (exact) mass is 438 g/mol. The lowest BCUT2D eigenvalue weighted by molar-refractivity contribution is -0.137. The van der Waals surface area contributed by atoms with Crippen molar-refractivity contribution in [3.05, 3.63) is 29.3 Å². The Kier molecular flexibility index (Phi) is 6.25. The number of hydrogen-bond acceptors (Lipinski definition) is 4. The van der Waals surface area contributed by atoms with Gasteiger partial charge in [0.1, 0.15) is 0 Å². The lowest BCUT2D eigenvalue weighted by Gasteiger charge is -2.42. The molecule has 3 aliphatic rings. The molecule has 0 N–H and O–H groups in total. The van der Waals surface area contributed by atoms with Crippen LogP contribution in [-0.4, -0.2) is 85.4 Å². The highest BCUT2D eigenvalue weighted by molar-refractivity contribution is 5.99. The Labute approximate surface area is 180 Å². The van der Waals surface area contributed by atoms with Crippen LogP contribution in [0.25, 0.3) is 0 Å². The molecule has 6 nitrogen and oxygen atoms in total. The average molecular weight is 438 g/mol. The van der Waals surface area contributed by atoms with E-state index in [2.05, 4.69) is 16.8 Å². The Morgan fingerprint density at radius 3 is 2.35 bits per heavy atom. The number of rotatable bonds is 3. The van der Waals surface area contributed by atoms with Gasteiger partial charge in [-0.05, 0) is 51.1 Å². The van der Waals surface area contributed by atoms with E-state index < -0.39 is 17.6 Å². The molecular formula is C22H29F3N4O2. The molecule has 4 rings (SSSR count). The van der Waals surface area contributed by atoms with E-state index in [1.165, 1.54) is 11.0 Å². The van der Waals surface area contributed by atoms with Crippen LogP contribution in [0.1, 0.15) is 41.6 Å². The van der Waals surface area contributed by atoms with Crippen molar-refractivity contribution in [2.45, 2.75) is 37.9 Å². The highest BCUT2D eigenvalue weighted by Crippen LogP contribution is 2.34. The smallest absolute Gasteiger partial charge is 0.336 e. The number of piperidine rings is 1. The van der Waals surface area contributed by atoms with Crippen molar-refractivity contribution < 1.29 is 22.8 Å². The Morgan fingerprint density at radius 2 is 1.74 bits per heavy atom. The van der Waals surface area contributed by atoms with Crippen molar-refractivity contribution in [2.24, 2.45) is 0 Å². The molecule has 0 aliphatic carbocycles. The summed E-state index contributed by atoms with van der Waals surface area (Å²) in [6.07, 6.45) is -1.37. The number of hydrogen-bond donors (Lipinski definition) is 0. The Hall–Kier alpha value is -2.13. The van der Waals surface area contributed by atoms with Gasteiger partial charge in [-0.3, -0.25) is 14.5 Å². The number of halogens is 3. The summed E-state index contributed by atoms with van der Waals surface area (Å²) in [6, 6.07) is 3.78. The second-order valence-electron chi connectivity index (χ2n) is 8.80. The van der Waals surface area contributed by atoms with Crippen LogP contribution < -0.4 is 4.90 Å². The zero-order valence-corrected chi connectivity index (χ0v) is 17.8.